The summed E-state index contributed by atoms with van der Waals surface area (Å²) in [4.78, 5) is 11.0. The van der Waals surface area contributed by atoms with Crippen LogP contribution in [0.5, 0.6) is 0 Å². The van der Waals surface area contributed by atoms with E-state index >= 15 is 0 Å². The van der Waals surface area contributed by atoms with Gasteiger partial charge in [-0.2, -0.15) is 0 Å². The standard InChI is InChI=1S/C7H10N2O/c1-6(2)9-5-4-8(3)7(9)10/h3-6H,1-2H3. The van der Waals surface area contributed by atoms with Gasteiger partial charge in [0, 0.05) is 18.4 Å². The lowest BCUT2D eigenvalue weighted by Gasteiger charge is -2.02. The number of rotatable bonds is 1. The zero-order chi connectivity index (χ0) is 7.72. The van der Waals surface area contributed by atoms with Gasteiger partial charge in [-0.05, 0) is 13.8 Å². The van der Waals surface area contributed by atoms with E-state index in [0.29, 0.717) is 0 Å². The lowest BCUT2D eigenvalue weighted by atomic mass is 10.4. The summed E-state index contributed by atoms with van der Waals surface area (Å²) in [5, 5.41) is 0. The van der Waals surface area contributed by atoms with Crippen LogP contribution in [0.25, 0.3) is 0 Å². The molecule has 0 bridgehead atoms. The Morgan fingerprint density at radius 3 is 2.30 bits per heavy atom. The van der Waals surface area contributed by atoms with Gasteiger partial charge in [0.1, 0.15) is 0 Å². The van der Waals surface area contributed by atoms with Gasteiger partial charge in [0.05, 0.1) is 7.05 Å². The smallest absolute Gasteiger partial charge is 0.297 e. The third-order valence-corrected chi connectivity index (χ3v) is 1.39. The zero-order valence-corrected chi connectivity index (χ0v) is 6.11. The summed E-state index contributed by atoms with van der Waals surface area (Å²) in [6, 6.07) is 0.178. The first-order valence-electron chi connectivity index (χ1n) is 3.17. The van der Waals surface area contributed by atoms with Crippen LogP contribution >= 0.6 is 0 Å². The average molecular weight is 138 g/mol. The van der Waals surface area contributed by atoms with E-state index < -0.39 is 0 Å². The molecule has 10 heavy (non-hydrogen) atoms. The predicted octanol–water partition coefficient (Wildman–Crippen LogP) is 0.747. The van der Waals surface area contributed by atoms with Crippen LogP contribution in [0.15, 0.2) is 17.2 Å². The van der Waals surface area contributed by atoms with Crippen molar-refractivity contribution in [3.05, 3.63) is 29.9 Å². The van der Waals surface area contributed by atoms with Gasteiger partial charge in [-0.15, -0.1) is 0 Å². The quantitative estimate of drug-likeness (QED) is 0.562. The third kappa shape index (κ3) is 0.988. The van der Waals surface area contributed by atoms with Crippen molar-refractivity contribution in [2.45, 2.75) is 19.9 Å². The fourth-order valence-electron chi connectivity index (χ4n) is 0.798. The fraction of sp³-hybridized carbons (Fsp3) is 0.429. The van der Waals surface area contributed by atoms with Crippen LogP contribution in [0.4, 0.5) is 0 Å². The fourth-order valence-corrected chi connectivity index (χ4v) is 0.798. The highest BCUT2D eigenvalue weighted by molar-refractivity contribution is 4.84. The van der Waals surface area contributed by atoms with E-state index in [2.05, 4.69) is 0 Å². The molecule has 54 valence electrons. The number of aromatic nitrogens is 2. The molecule has 1 heterocycles. The van der Waals surface area contributed by atoms with Crippen molar-refractivity contribution in [3.63, 3.8) is 0 Å². The van der Waals surface area contributed by atoms with Crippen LogP contribution in [-0.4, -0.2) is 9.13 Å². The number of nitrogens with zero attached hydrogens (tertiary/aromatic N) is 2. The van der Waals surface area contributed by atoms with Gasteiger partial charge in [0.15, 0.2) is 0 Å². The first kappa shape index (κ1) is 7.12. The molecular weight excluding hydrogens is 128 g/mol. The molecule has 0 aliphatic carbocycles. The molecule has 3 nitrogen and oxygen atoms in total. The van der Waals surface area contributed by atoms with Crippen LogP contribution in [0.1, 0.15) is 19.9 Å². The molecule has 2 radical (unpaired) electrons. The van der Waals surface area contributed by atoms with Gasteiger partial charge in [-0.1, -0.05) is 0 Å². The van der Waals surface area contributed by atoms with E-state index in [1.807, 2.05) is 13.8 Å². The maximum Gasteiger partial charge on any atom is 0.328 e. The molecule has 0 fully saturated rings. The molecule has 0 spiro atoms. The van der Waals surface area contributed by atoms with Crippen LogP contribution in [0, 0.1) is 7.05 Å². The summed E-state index contributed by atoms with van der Waals surface area (Å²) in [6.45, 7) is 3.86. The molecule has 0 saturated heterocycles. The number of hydrogen-bond acceptors (Lipinski definition) is 1. The van der Waals surface area contributed by atoms with Crippen molar-refractivity contribution in [1.82, 2.24) is 9.13 Å². The molecule has 0 atom stereocenters. The Kier molecular flexibility index (Phi) is 1.66. The van der Waals surface area contributed by atoms with E-state index in [4.69, 9.17) is 7.05 Å². The molecule has 0 saturated carbocycles. The maximum absolute atomic E-state index is 11.0. The van der Waals surface area contributed by atoms with Crippen molar-refractivity contribution in [2.24, 2.45) is 0 Å². The van der Waals surface area contributed by atoms with E-state index in [1.54, 1.807) is 17.0 Å². The molecule has 1 rings (SSSR count). The van der Waals surface area contributed by atoms with Crippen molar-refractivity contribution in [1.29, 1.82) is 0 Å². The monoisotopic (exact) mass is 138 g/mol. The Hall–Kier alpha value is -0.990. The Morgan fingerprint density at radius 1 is 1.50 bits per heavy atom. The predicted molar refractivity (Wildman–Crippen MR) is 38.8 cm³/mol. The Balaban J connectivity index is 3.18. The number of hydrogen-bond donors (Lipinski definition) is 0. The van der Waals surface area contributed by atoms with Gasteiger partial charge >= 0.3 is 5.69 Å². The normalized spacial score (nSPS) is 10.8. The summed E-state index contributed by atoms with van der Waals surface area (Å²) < 4.78 is 2.64. The topological polar surface area (TPSA) is 26.9 Å². The summed E-state index contributed by atoms with van der Waals surface area (Å²) in [5.41, 5.74) is -0.171. The average Bonchev–Trinajstić information content (AvgIpc) is 2.14. The Morgan fingerprint density at radius 2 is 2.10 bits per heavy atom. The van der Waals surface area contributed by atoms with E-state index in [-0.39, 0.29) is 11.7 Å². The second kappa shape index (κ2) is 2.33. The lowest BCUT2D eigenvalue weighted by molar-refractivity contribution is 0.573. The van der Waals surface area contributed by atoms with Gasteiger partial charge in [0.2, 0.25) is 0 Å². The molecule has 0 amide bonds. The highest BCUT2D eigenvalue weighted by atomic mass is 16.1. The first-order chi connectivity index (χ1) is 4.63. The molecular formula is C7H10N2O. The van der Waals surface area contributed by atoms with Crippen molar-refractivity contribution in [2.75, 3.05) is 0 Å². The minimum Gasteiger partial charge on any atom is -0.297 e. The van der Waals surface area contributed by atoms with Crippen molar-refractivity contribution >= 4 is 0 Å². The molecule has 3 heteroatoms. The van der Waals surface area contributed by atoms with Gasteiger partial charge in [-0.25, -0.2) is 4.79 Å². The summed E-state index contributed by atoms with van der Waals surface area (Å²) in [5.74, 6) is 0. The van der Waals surface area contributed by atoms with Gasteiger partial charge in [0.25, 0.3) is 0 Å². The van der Waals surface area contributed by atoms with Crippen LogP contribution in [0.2, 0.25) is 0 Å². The van der Waals surface area contributed by atoms with Crippen LogP contribution in [-0.2, 0) is 0 Å². The molecule has 0 aliphatic heterocycles. The molecule has 0 aromatic carbocycles. The molecule has 1 aromatic heterocycles. The van der Waals surface area contributed by atoms with Gasteiger partial charge in [-0.3, -0.25) is 9.13 Å². The minimum atomic E-state index is -0.171. The second-order valence-electron chi connectivity index (χ2n) is 2.49. The van der Waals surface area contributed by atoms with E-state index in [9.17, 15) is 4.79 Å². The number of imidazole rings is 1. The first-order valence-corrected chi connectivity index (χ1v) is 3.17. The van der Waals surface area contributed by atoms with Crippen molar-refractivity contribution in [3.8, 4) is 0 Å². The highest BCUT2D eigenvalue weighted by Crippen LogP contribution is 1.97. The largest absolute Gasteiger partial charge is 0.328 e. The summed E-state index contributed by atoms with van der Waals surface area (Å²) in [6.07, 6.45) is 3.22. The van der Waals surface area contributed by atoms with E-state index in [0.717, 1.165) is 4.57 Å². The Bertz CT molecular complexity index is 269. The van der Waals surface area contributed by atoms with Crippen LogP contribution in [0.3, 0.4) is 0 Å². The Labute approximate surface area is 59.9 Å². The van der Waals surface area contributed by atoms with Gasteiger partial charge < -0.3 is 0 Å². The van der Waals surface area contributed by atoms with E-state index in [1.165, 1.54) is 0 Å². The molecule has 0 unspecified atom stereocenters. The maximum atomic E-state index is 11.0. The highest BCUT2D eigenvalue weighted by Gasteiger charge is 2.01. The SMILES string of the molecule is [CH]n1ccn(C(C)C)c1=O. The third-order valence-electron chi connectivity index (χ3n) is 1.39. The summed E-state index contributed by atoms with van der Waals surface area (Å²) in [7, 11) is 5.26. The molecule has 1 aromatic rings. The van der Waals surface area contributed by atoms with Crippen LogP contribution < -0.4 is 5.69 Å². The lowest BCUT2D eigenvalue weighted by Crippen LogP contribution is -2.22. The summed E-state index contributed by atoms with van der Waals surface area (Å²) >= 11 is 0. The molecule has 0 aliphatic rings. The minimum absolute atomic E-state index is 0.171. The molecule has 0 N–H and O–H groups in total. The van der Waals surface area contributed by atoms with Crippen molar-refractivity contribution < 1.29 is 0 Å². The second-order valence-corrected chi connectivity index (χ2v) is 2.49. The zero-order valence-electron chi connectivity index (χ0n) is 6.11.